The minimum atomic E-state index is -0.319. The quantitative estimate of drug-likeness (QED) is 0.920. The molecule has 0 aliphatic rings. The van der Waals surface area contributed by atoms with Crippen molar-refractivity contribution < 1.29 is 9.47 Å². The lowest BCUT2D eigenvalue weighted by molar-refractivity contribution is 0.213. The Kier molecular flexibility index (Phi) is 5.04. The Hall–Kier alpha value is -2.22. The number of nitriles is 1. The molecule has 0 bridgehead atoms. The third-order valence-corrected chi connectivity index (χ3v) is 3.23. The molecule has 0 aliphatic carbocycles. The maximum Gasteiger partial charge on any atom is 0.136 e. The van der Waals surface area contributed by atoms with Crippen LogP contribution in [0.3, 0.4) is 0 Å². The summed E-state index contributed by atoms with van der Waals surface area (Å²) in [4.78, 5) is 0. The molecule has 0 saturated heterocycles. The molecule has 0 saturated carbocycles. The average Bonchev–Trinajstić information content (AvgIpc) is 2.53. The van der Waals surface area contributed by atoms with Gasteiger partial charge in [0.2, 0.25) is 0 Å². The normalized spacial score (nSPS) is 11.5. The number of ether oxygens (including phenoxy) is 2. The lowest BCUT2D eigenvalue weighted by Crippen LogP contribution is -2.18. The Morgan fingerprint density at radius 2 is 1.86 bits per heavy atom. The molecule has 1 unspecified atom stereocenters. The monoisotopic (exact) mass is 302 g/mol. The second-order valence-corrected chi connectivity index (χ2v) is 4.84. The van der Waals surface area contributed by atoms with Crippen molar-refractivity contribution in [2.24, 2.45) is 5.73 Å². The van der Waals surface area contributed by atoms with Crippen LogP contribution in [-0.2, 0) is 0 Å². The molecule has 2 aromatic carbocycles. The van der Waals surface area contributed by atoms with Gasteiger partial charge in [0.1, 0.15) is 17.6 Å². The van der Waals surface area contributed by atoms with E-state index in [-0.39, 0.29) is 6.10 Å². The first kappa shape index (κ1) is 15.2. The molecule has 4 nitrogen and oxygen atoms in total. The zero-order chi connectivity index (χ0) is 15.2. The number of nitrogens with two attached hydrogens (primary N) is 1. The van der Waals surface area contributed by atoms with Crippen LogP contribution in [0.15, 0.2) is 42.5 Å². The van der Waals surface area contributed by atoms with Gasteiger partial charge in [0, 0.05) is 17.6 Å². The van der Waals surface area contributed by atoms with Crippen molar-refractivity contribution in [2.45, 2.75) is 6.10 Å². The highest BCUT2D eigenvalue weighted by Gasteiger charge is 2.13. The molecule has 0 amide bonds. The van der Waals surface area contributed by atoms with Crippen molar-refractivity contribution in [3.63, 3.8) is 0 Å². The van der Waals surface area contributed by atoms with Gasteiger partial charge in [-0.3, -0.25) is 0 Å². The standard InChI is InChI=1S/C16H15ClN2O2/c1-20-14-6-11(9-18)7-15(8-14)21-16(10-19)12-2-4-13(17)5-3-12/h2-8,16H,10,19H2,1H3. The third-order valence-electron chi connectivity index (χ3n) is 2.98. The third kappa shape index (κ3) is 3.88. The molecule has 0 radical (unpaired) electrons. The Balaban J connectivity index is 2.26. The Morgan fingerprint density at radius 3 is 2.43 bits per heavy atom. The van der Waals surface area contributed by atoms with E-state index >= 15 is 0 Å². The second-order valence-electron chi connectivity index (χ2n) is 4.40. The first-order valence-corrected chi connectivity index (χ1v) is 6.75. The van der Waals surface area contributed by atoms with Crippen LogP contribution in [0, 0.1) is 11.3 Å². The van der Waals surface area contributed by atoms with Crippen molar-refractivity contribution in [3.8, 4) is 17.6 Å². The second kappa shape index (κ2) is 6.98. The van der Waals surface area contributed by atoms with Crippen LogP contribution in [0.25, 0.3) is 0 Å². The predicted octanol–water partition coefficient (Wildman–Crippen LogP) is 3.30. The Labute approximate surface area is 128 Å². The first-order chi connectivity index (χ1) is 10.2. The van der Waals surface area contributed by atoms with Gasteiger partial charge in [-0.15, -0.1) is 0 Å². The average molecular weight is 303 g/mol. The number of benzene rings is 2. The van der Waals surface area contributed by atoms with Crippen molar-refractivity contribution in [2.75, 3.05) is 13.7 Å². The van der Waals surface area contributed by atoms with E-state index in [1.807, 2.05) is 12.1 Å². The van der Waals surface area contributed by atoms with E-state index in [4.69, 9.17) is 32.1 Å². The maximum atomic E-state index is 9.02. The minimum absolute atomic E-state index is 0.306. The van der Waals surface area contributed by atoms with Gasteiger partial charge in [-0.05, 0) is 29.8 Å². The molecule has 2 aromatic rings. The lowest BCUT2D eigenvalue weighted by atomic mass is 10.1. The first-order valence-electron chi connectivity index (χ1n) is 6.37. The molecule has 21 heavy (non-hydrogen) atoms. The molecule has 0 spiro atoms. The molecule has 0 aliphatic heterocycles. The van der Waals surface area contributed by atoms with Gasteiger partial charge in [0.25, 0.3) is 0 Å². The molecule has 1 atom stereocenters. The largest absolute Gasteiger partial charge is 0.497 e. The predicted molar refractivity (Wildman–Crippen MR) is 81.6 cm³/mol. The minimum Gasteiger partial charge on any atom is -0.497 e. The van der Waals surface area contributed by atoms with E-state index in [0.717, 1.165) is 5.56 Å². The fourth-order valence-electron chi connectivity index (χ4n) is 1.92. The van der Waals surface area contributed by atoms with Gasteiger partial charge in [0.15, 0.2) is 0 Å². The van der Waals surface area contributed by atoms with Gasteiger partial charge >= 0.3 is 0 Å². The van der Waals surface area contributed by atoms with Gasteiger partial charge in [0.05, 0.1) is 18.7 Å². The number of rotatable bonds is 5. The summed E-state index contributed by atoms with van der Waals surface area (Å²) in [6, 6.07) is 14.4. The summed E-state index contributed by atoms with van der Waals surface area (Å²) in [6.45, 7) is 0.306. The van der Waals surface area contributed by atoms with E-state index in [1.165, 1.54) is 0 Å². The number of methoxy groups -OCH3 is 1. The molecule has 2 rings (SSSR count). The molecule has 0 fully saturated rings. The molecule has 5 heteroatoms. The lowest BCUT2D eigenvalue weighted by Gasteiger charge is -2.18. The van der Waals surface area contributed by atoms with Crippen molar-refractivity contribution in [1.82, 2.24) is 0 Å². The van der Waals surface area contributed by atoms with Crippen LogP contribution in [0.1, 0.15) is 17.2 Å². The van der Waals surface area contributed by atoms with E-state index in [1.54, 1.807) is 37.4 Å². The zero-order valence-corrected chi connectivity index (χ0v) is 12.3. The summed E-state index contributed by atoms with van der Waals surface area (Å²) in [5.74, 6) is 1.10. The highest BCUT2D eigenvalue weighted by atomic mass is 35.5. The van der Waals surface area contributed by atoms with E-state index < -0.39 is 0 Å². The van der Waals surface area contributed by atoms with Crippen LogP contribution in [0.4, 0.5) is 0 Å². The van der Waals surface area contributed by atoms with Crippen LogP contribution < -0.4 is 15.2 Å². The van der Waals surface area contributed by atoms with Crippen LogP contribution in [0.5, 0.6) is 11.5 Å². The van der Waals surface area contributed by atoms with Gasteiger partial charge < -0.3 is 15.2 Å². The van der Waals surface area contributed by atoms with E-state index in [0.29, 0.717) is 28.6 Å². The molecule has 2 N–H and O–H groups in total. The molecular formula is C16H15ClN2O2. The fraction of sp³-hybridized carbons (Fsp3) is 0.188. The number of hydrogen-bond donors (Lipinski definition) is 1. The summed E-state index contributed by atoms with van der Waals surface area (Å²) < 4.78 is 11.0. The summed E-state index contributed by atoms with van der Waals surface area (Å²) in [7, 11) is 1.54. The Morgan fingerprint density at radius 1 is 1.19 bits per heavy atom. The molecule has 108 valence electrons. The van der Waals surface area contributed by atoms with Crippen LogP contribution >= 0.6 is 11.6 Å². The van der Waals surface area contributed by atoms with E-state index in [2.05, 4.69) is 6.07 Å². The molecule has 0 heterocycles. The van der Waals surface area contributed by atoms with E-state index in [9.17, 15) is 0 Å². The van der Waals surface area contributed by atoms with Crippen molar-refractivity contribution >= 4 is 11.6 Å². The number of nitrogens with zero attached hydrogens (tertiary/aromatic N) is 1. The fourth-order valence-corrected chi connectivity index (χ4v) is 2.04. The highest BCUT2D eigenvalue weighted by Crippen LogP contribution is 2.27. The smallest absolute Gasteiger partial charge is 0.136 e. The van der Waals surface area contributed by atoms with Crippen molar-refractivity contribution in [1.29, 1.82) is 5.26 Å². The zero-order valence-electron chi connectivity index (χ0n) is 11.5. The Bertz CT molecular complexity index is 650. The summed E-state index contributed by atoms with van der Waals surface area (Å²) in [5, 5.41) is 9.68. The molecular weight excluding hydrogens is 288 g/mol. The number of hydrogen-bond acceptors (Lipinski definition) is 4. The van der Waals surface area contributed by atoms with Gasteiger partial charge in [-0.1, -0.05) is 23.7 Å². The van der Waals surface area contributed by atoms with Crippen LogP contribution in [0.2, 0.25) is 5.02 Å². The topological polar surface area (TPSA) is 68.3 Å². The summed E-state index contributed by atoms with van der Waals surface area (Å²) in [6.07, 6.45) is -0.319. The van der Waals surface area contributed by atoms with Crippen LogP contribution in [-0.4, -0.2) is 13.7 Å². The summed E-state index contributed by atoms with van der Waals surface area (Å²) >= 11 is 5.87. The SMILES string of the molecule is COc1cc(C#N)cc(OC(CN)c2ccc(Cl)cc2)c1. The summed E-state index contributed by atoms with van der Waals surface area (Å²) in [5.41, 5.74) is 7.17. The van der Waals surface area contributed by atoms with Gasteiger partial charge in [-0.2, -0.15) is 5.26 Å². The molecule has 0 aromatic heterocycles. The maximum absolute atomic E-state index is 9.02. The highest BCUT2D eigenvalue weighted by molar-refractivity contribution is 6.30. The van der Waals surface area contributed by atoms with Gasteiger partial charge in [-0.25, -0.2) is 0 Å². The number of halogens is 1. The van der Waals surface area contributed by atoms with Crippen molar-refractivity contribution in [3.05, 3.63) is 58.6 Å².